The fraction of sp³-hybridized carbons (Fsp3) is 0.692. The average molecular weight is 302 g/mol. The molecule has 1 N–H and O–H groups in total. The molecule has 1 unspecified atom stereocenters. The summed E-state index contributed by atoms with van der Waals surface area (Å²) in [5.41, 5.74) is 0. The average Bonchev–Trinajstić information content (AvgIpc) is 2.97. The van der Waals surface area contributed by atoms with E-state index in [4.69, 9.17) is 0 Å². The first-order chi connectivity index (χ1) is 7.66. The first-order valence-corrected chi connectivity index (χ1v) is 7.79. The second-order valence-corrected chi connectivity index (χ2v) is 6.94. The van der Waals surface area contributed by atoms with Gasteiger partial charge >= 0.3 is 0 Å². The van der Waals surface area contributed by atoms with E-state index in [0.29, 0.717) is 0 Å². The van der Waals surface area contributed by atoms with Crippen molar-refractivity contribution < 1.29 is 0 Å². The van der Waals surface area contributed by atoms with Crippen molar-refractivity contribution in [3.8, 4) is 0 Å². The van der Waals surface area contributed by atoms with Crippen LogP contribution in [-0.2, 0) is 6.42 Å². The maximum atomic E-state index is 3.66. The molecule has 3 heteroatoms. The third-order valence-electron chi connectivity index (χ3n) is 3.33. The predicted molar refractivity (Wildman–Crippen MR) is 75.1 cm³/mol. The van der Waals surface area contributed by atoms with Crippen LogP contribution in [0.5, 0.6) is 0 Å². The van der Waals surface area contributed by atoms with Crippen molar-refractivity contribution in [2.75, 3.05) is 6.54 Å². The predicted octanol–water partition coefficient (Wildman–Crippen LogP) is 4.08. The molecule has 1 aromatic heterocycles. The van der Waals surface area contributed by atoms with Crippen LogP contribution >= 0.6 is 27.3 Å². The lowest BCUT2D eigenvalue weighted by atomic mass is 9.92. The van der Waals surface area contributed by atoms with Gasteiger partial charge < -0.3 is 5.32 Å². The Morgan fingerprint density at radius 1 is 1.50 bits per heavy atom. The van der Waals surface area contributed by atoms with Crippen molar-refractivity contribution in [3.05, 3.63) is 20.8 Å². The number of hydrogen-bond donors (Lipinski definition) is 1. The first-order valence-electron chi connectivity index (χ1n) is 6.12. The molecule has 0 spiro atoms. The highest BCUT2D eigenvalue weighted by Crippen LogP contribution is 2.28. The number of thiophene rings is 1. The van der Waals surface area contributed by atoms with Gasteiger partial charge in [-0.1, -0.05) is 13.8 Å². The molecule has 1 aromatic rings. The van der Waals surface area contributed by atoms with Gasteiger partial charge in [-0.15, -0.1) is 11.3 Å². The van der Waals surface area contributed by atoms with Crippen molar-refractivity contribution in [2.24, 2.45) is 11.8 Å². The molecule has 0 aromatic carbocycles. The highest BCUT2D eigenvalue weighted by molar-refractivity contribution is 9.10. The molecule has 1 heterocycles. The van der Waals surface area contributed by atoms with Crippen molar-refractivity contribution in [1.82, 2.24) is 5.32 Å². The van der Waals surface area contributed by atoms with E-state index in [1.807, 2.05) is 11.3 Å². The van der Waals surface area contributed by atoms with Crippen LogP contribution in [0, 0.1) is 11.8 Å². The molecule has 90 valence electrons. The molecule has 0 radical (unpaired) electrons. The van der Waals surface area contributed by atoms with Gasteiger partial charge in [0.25, 0.3) is 0 Å². The highest BCUT2D eigenvalue weighted by Gasteiger charge is 2.23. The van der Waals surface area contributed by atoms with E-state index in [1.54, 1.807) is 0 Å². The summed E-state index contributed by atoms with van der Waals surface area (Å²) in [5, 5.41) is 5.83. The van der Waals surface area contributed by atoms with Crippen LogP contribution in [0.4, 0.5) is 0 Å². The largest absolute Gasteiger partial charge is 0.314 e. The van der Waals surface area contributed by atoms with Crippen LogP contribution in [0.2, 0.25) is 0 Å². The monoisotopic (exact) mass is 301 g/mol. The Morgan fingerprint density at radius 2 is 2.25 bits per heavy atom. The van der Waals surface area contributed by atoms with E-state index in [9.17, 15) is 0 Å². The van der Waals surface area contributed by atoms with Gasteiger partial charge in [0.1, 0.15) is 0 Å². The number of hydrogen-bond acceptors (Lipinski definition) is 2. The fourth-order valence-electron chi connectivity index (χ4n) is 1.86. The molecular weight excluding hydrogens is 282 g/mol. The molecular formula is C13H20BrNS. The Kier molecular flexibility index (Phi) is 4.45. The number of nitrogens with one attached hydrogen (secondary N) is 1. The summed E-state index contributed by atoms with van der Waals surface area (Å²) in [6, 6.07) is 2.99. The van der Waals surface area contributed by atoms with Crippen LogP contribution in [0.15, 0.2) is 15.9 Å². The summed E-state index contributed by atoms with van der Waals surface area (Å²) < 4.78 is 1.29. The van der Waals surface area contributed by atoms with Crippen molar-refractivity contribution in [1.29, 1.82) is 0 Å². The number of rotatable bonds is 6. The van der Waals surface area contributed by atoms with Gasteiger partial charge in [0.2, 0.25) is 0 Å². The van der Waals surface area contributed by atoms with Gasteiger partial charge in [-0.2, -0.15) is 0 Å². The van der Waals surface area contributed by atoms with Gasteiger partial charge in [-0.3, -0.25) is 0 Å². The molecule has 1 atom stereocenters. The normalized spacial score (nSPS) is 18.0. The second kappa shape index (κ2) is 5.65. The van der Waals surface area contributed by atoms with E-state index in [2.05, 4.69) is 46.5 Å². The molecule has 1 aliphatic carbocycles. The fourth-order valence-corrected chi connectivity index (χ4v) is 3.47. The van der Waals surface area contributed by atoms with E-state index < -0.39 is 0 Å². The third kappa shape index (κ3) is 3.57. The molecule has 0 aliphatic heterocycles. The summed E-state index contributed by atoms with van der Waals surface area (Å²) in [4.78, 5) is 1.50. The standard InChI is InChI=1S/C13H20BrNS/c1-9(2)10(8-15-11-3-4-11)7-13-12(14)5-6-16-13/h5-6,9-11,15H,3-4,7-8H2,1-2H3. The molecule has 16 heavy (non-hydrogen) atoms. The SMILES string of the molecule is CC(C)C(CNC1CC1)Cc1sccc1Br. The van der Waals surface area contributed by atoms with Crippen molar-refractivity contribution in [2.45, 2.75) is 39.2 Å². The Labute approximate surface area is 111 Å². The van der Waals surface area contributed by atoms with Gasteiger partial charge in [-0.05, 0) is 65.0 Å². The molecule has 0 bridgehead atoms. The Morgan fingerprint density at radius 3 is 2.75 bits per heavy atom. The summed E-state index contributed by atoms with van der Waals surface area (Å²) in [6.45, 7) is 5.84. The highest BCUT2D eigenvalue weighted by atomic mass is 79.9. The Bertz CT molecular complexity index is 330. The zero-order valence-corrected chi connectivity index (χ0v) is 12.4. The molecule has 0 saturated heterocycles. The lowest BCUT2D eigenvalue weighted by Gasteiger charge is -2.21. The summed E-state index contributed by atoms with van der Waals surface area (Å²) in [7, 11) is 0. The van der Waals surface area contributed by atoms with Gasteiger partial charge in [0, 0.05) is 15.4 Å². The summed E-state index contributed by atoms with van der Waals surface area (Å²) in [5.74, 6) is 1.51. The molecule has 1 aliphatic rings. The maximum absolute atomic E-state index is 3.66. The van der Waals surface area contributed by atoms with Crippen LogP contribution in [0.3, 0.4) is 0 Å². The second-order valence-electron chi connectivity index (χ2n) is 5.08. The minimum atomic E-state index is 0.750. The Hall–Kier alpha value is 0.140. The summed E-state index contributed by atoms with van der Waals surface area (Å²) in [6.07, 6.45) is 3.97. The first kappa shape index (κ1) is 12.6. The lowest BCUT2D eigenvalue weighted by Crippen LogP contribution is -2.29. The quantitative estimate of drug-likeness (QED) is 0.835. The van der Waals surface area contributed by atoms with E-state index in [-0.39, 0.29) is 0 Å². The minimum absolute atomic E-state index is 0.750. The minimum Gasteiger partial charge on any atom is -0.314 e. The van der Waals surface area contributed by atoms with Crippen LogP contribution in [-0.4, -0.2) is 12.6 Å². The zero-order chi connectivity index (χ0) is 11.5. The van der Waals surface area contributed by atoms with Crippen LogP contribution in [0.25, 0.3) is 0 Å². The summed E-state index contributed by atoms with van der Waals surface area (Å²) >= 11 is 5.50. The van der Waals surface area contributed by atoms with Gasteiger partial charge in [-0.25, -0.2) is 0 Å². The van der Waals surface area contributed by atoms with E-state index in [0.717, 1.165) is 17.9 Å². The molecule has 2 rings (SSSR count). The molecule has 1 nitrogen and oxygen atoms in total. The maximum Gasteiger partial charge on any atom is 0.0314 e. The third-order valence-corrected chi connectivity index (χ3v) is 5.28. The Balaban J connectivity index is 1.88. The molecule has 1 fully saturated rings. The van der Waals surface area contributed by atoms with Gasteiger partial charge in [0.15, 0.2) is 0 Å². The molecule has 0 amide bonds. The van der Waals surface area contributed by atoms with Crippen LogP contribution < -0.4 is 5.32 Å². The number of halogens is 1. The van der Waals surface area contributed by atoms with E-state index >= 15 is 0 Å². The van der Waals surface area contributed by atoms with Crippen molar-refractivity contribution >= 4 is 27.3 Å². The van der Waals surface area contributed by atoms with Gasteiger partial charge in [0.05, 0.1) is 0 Å². The zero-order valence-electron chi connectivity index (χ0n) is 10.0. The van der Waals surface area contributed by atoms with Crippen LogP contribution in [0.1, 0.15) is 31.6 Å². The van der Waals surface area contributed by atoms with Crippen molar-refractivity contribution in [3.63, 3.8) is 0 Å². The van der Waals surface area contributed by atoms with E-state index in [1.165, 1.54) is 35.2 Å². The smallest absolute Gasteiger partial charge is 0.0314 e. The lowest BCUT2D eigenvalue weighted by molar-refractivity contribution is 0.361. The molecule has 1 saturated carbocycles. The topological polar surface area (TPSA) is 12.0 Å².